The molecule has 0 radical (unpaired) electrons. The maximum Gasteiger partial charge on any atom is 0.389 e. The average molecular weight is 251 g/mol. The van der Waals surface area contributed by atoms with Gasteiger partial charge in [0, 0.05) is 6.42 Å². The number of hydrogen-bond donors (Lipinski definition) is 1. The van der Waals surface area contributed by atoms with E-state index in [1.807, 2.05) is 0 Å². The van der Waals surface area contributed by atoms with Crippen LogP contribution in [-0.4, -0.2) is 19.3 Å². The van der Waals surface area contributed by atoms with E-state index < -0.39 is 12.6 Å². The van der Waals surface area contributed by atoms with Crippen LogP contribution in [0.15, 0.2) is 0 Å². The Morgan fingerprint density at radius 2 is 1.53 bits per heavy atom. The summed E-state index contributed by atoms with van der Waals surface area (Å²) in [6.45, 7) is 1.40. The number of alkyl halides is 3. The van der Waals surface area contributed by atoms with Gasteiger partial charge in [0.25, 0.3) is 0 Å². The molecule has 0 atom stereocenters. The minimum absolute atomic E-state index is 0.205. The lowest BCUT2D eigenvalue weighted by Crippen LogP contribution is -2.25. The maximum absolute atomic E-state index is 11.9. The van der Waals surface area contributed by atoms with Gasteiger partial charge in [-0.05, 0) is 38.3 Å². The summed E-state index contributed by atoms with van der Waals surface area (Å²) in [4.78, 5) is 0. The Bertz CT molecular complexity index is 184. The van der Waals surface area contributed by atoms with Gasteiger partial charge in [-0.15, -0.1) is 0 Å². The Kier molecular flexibility index (Phi) is 6.93. The van der Waals surface area contributed by atoms with Gasteiger partial charge in [-0.2, -0.15) is 13.2 Å². The van der Waals surface area contributed by atoms with Crippen molar-refractivity contribution in [3.05, 3.63) is 0 Å². The molecule has 4 heteroatoms. The number of nitrogens with one attached hydrogen (secondary N) is 1. The molecule has 0 amide bonds. The van der Waals surface area contributed by atoms with Gasteiger partial charge in [-0.3, -0.25) is 0 Å². The minimum atomic E-state index is -4.00. The third-order valence-electron chi connectivity index (χ3n) is 3.47. The third-order valence-corrected chi connectivity index (χ3v) is 3.47. The zero-order chi connectivity index (χ0) is 12.6. The molecule has 1 nitrogen and oxygen atoms in total. The van der Waals surface area contributed by atoms with Crippen LogP contribution in [0.4, 0.5) is 13.2 Å². The molecular weight excluding hydrogens is 227 g/mol. The van der Waals surface area contributed by atoms with Crippen LogP contribution in [-0.2, 0) is 0 Å². The Balaban J connectivity index is 2.00. The highest BCUT2D eigenvalue weighted by atomic mass is 19.4. The highest BCUT2D eigenvalue weighted by Crippen LogP contribution is 2.22. The molecule has 0 aromatic heterocycles. The highest BCUT2D eigenvalue weighted by Gasteiger charge is 2.25. The monoisotopic (exact) mass is 251 g/mol. The van der Waals surface area contributed by atoms with Crippen molar-refractivity contribution in [2.75, 3.05) is 13.1 Å². The molecule has 1 N–H and O–H groups in total. The lowest BCUT2D eigenvalue weighted by molar-refractivity contribution is -0.135. The van der Waals surface area contributed by atoms with Gasteiger partial charge in [-0.1, -0.05) is 32.1 Å². The lowest BCUT2D eigenvalue weighted by Gasteiger charge is -2.20. The molecule has 1 aliphatic carbocycles. The summed E-state index contributed by atoms with van der Waals surface area (Å²) in [5.74, 6) is 0.682. The van der Waals surface area contributed by atoms with Crippen molar-refractivity contribution in [2.24, 2.45) is 5.92 Å². The molecule has 17 heavy (non-hydrogen) atoms. The second-order valence-corrected chi connectivity index (χ2v) is 5.13. The summed E-state index contributed by atoms with van der Waals surface area (Å²) in [6, 6.07) is 0. The summed E-state index contributed by atoms with van der Waals surface area (Å²) >= 11 is 0. The Morgan fingerprint density at radius 1 is 0.941 bits per heavy atom. The lowest BCUT2D eigenvalue weighted by atomic mass is 9.91. The van der Waals surface area contributed by atoms with Crippen LogP contribution in [0.1, 0.15) is 57.8 Å². The van der Waals surface area contributed by atoms with E-state index in [2.05, 4.69) is 5.32 Å². The van der Waals surface area contributed by atoms with Crippen molar-refractivity contribution in [1.82, 2.24) is 5.32 Å². The molecule has 102 valence electrons. The first-order valence-corrected chi connectivity index (χ1v) is 6.85. The molecule has 0 heterocycles. The first-order valence-electron chi connectivity index (χ1n) is 6.85. The topological polar surface area (TPSA) is 12.0 Å². The molecule has 1 rings (SSSR count). The molecular formula is C13H24F3N. The minimum Gasteiger partial charge on any atom is -0.316 e. The summed E-state index contributed by atoms with van der Waals surface area (Å²) in [7, 11) is 0. The van der Waals surface area contributed by atoms with E-state index in [9.17, 15) is 13.2 Å². The van der Waals surface area contributed by atoms with Crippen LogP contribution in [0.2, 0.25) is 0 Å². The van der Waals surface area contributed by atoms with Gasteiger partial charge in [-0.25, -0.2) is 0 Å². The van der Waals surface area contributed by atoms with Crippen LogP contribution < -0.4 is 5.32 Å². The molecule has 0 aromatic rings. The van der Waals surface area contributed by atoms with Crippen molar-refractivity contribution >= 4 is 0 Å². The molecule has 0 aromatic carbocycles. The van der Waals surface area contributed by atoms with Gasteiger partial charge in [0.15, 0.2) is 0 Å². The number of hydrogen-bond acceptors (Lipinski definition) is 1. The predicted molar refractivity (Wildman–Crippen MR) is 64.0 cm³/mol. The molecule has 0 bridgehead atoms. The molecule has 1 aliphatic rings. The predicted octanol–water partition coefficient (Wildman–Crippen LogP) is 4.28. The van der Waals surface area contributed by atoms with E-state index in [4.69, 9.17) is 0 Å². The molecule has 0 unspecified atom stereocenters. The van der Waals surface area contributed by atoms with Gasteiger partial charge >= 0.3 is 6.18 Å². The maximum atomic E-state index is 11.9. The van der Waals surface area contributed by atoms with Crippen LogP contribution in [0.25, 0.3) is 0 Å². The molecule has 0 spiro atoms. The first-order chi connectivity index (χ1) is 8.08. The Labute approximate surface area is 102 Å². The van der Waals surface area contributed by atoms with Gasteiger partial charge in [0.05, 0.1) is 0 Å². The van der Waals surface area contributed by atoms with Gasteiger partial charge in [0.1, 0.15) is 0 Å². The van der Waals surface area contributed by atoms with Crippen molar-refractivity contribution < 1.29 is 13.2 Å². The molecule has 0 aliphatic heterocycles. The molecule has 0 saturated heterocycles. The van der Waals surface area contributed by atoms with E-state index in [0.717, 1.165) is 6.54 Å². The van der Waals surface area contributed by atoms with Crippen molar-refractivity contribution in [3.8, 4) is 0 Å². The summed E-state index contributed by atoms with van der Waals surface area (Å²) in [6.07, 6.45) is 4.60. The zero-order valence-corrected chi connectivity index (χ0v) is 10.5. The van der Waals surface area contributed by atoms with Crippen molar-refractivity contribution in [1.29, 1.82) is 0 Å². The summed E-state index contributed by atoms with van der Waals surface area (Å²) in [5.41, 5.74) is 0. The smallest absolute Gasteiger partial charge is 0.316 e. The van der Waals surface area contributed by atoms with Crippen LogP contribution in [0.5, 0.6) is 0 Å². The zero-order valence-electron chi connectivity index (χ0n) is 10.5. The fourth-order valence-electron chi connectivity index (χ4n) is 2.46. The number of halogens is 3. The first kappa shape index (κ1) is 14.8. The molecule has 1 fully saturated rings. The third kappa shape index (κ3) is 8.47. The van der Waals surface area contributed by atoms with Gasteiger partial charge < -0.3 is 5.32 Å². The highest BCUT2D eigenvalue weighted by molar-refractivity contribution is 4.66. The Morgan fingerprint density at radius 3 is 2.12 bits per heavy atom. The fourth-order valence-corrected chi connectivity index (χ4v) is 2.46. The number of rotatable bonds is 5. The van der Waals surface area contributed by atoms with E-state index in [1.165, 1.54) is 44.9 Å². The quantitative estimate of drug-likeness (QED) is 0.719. The van der Waals surface area contributed by atoms with Crippen molar-refractivity contribution in [3.63, 3.8) is 0 Å². The standard InChI is InChI=1S/C13H24F3N/c14-13(15,16)9-6-10-17-11-12-7-4-2-1-3-5-8-12/h12,17H,1-11H2. The van der Waals surface area contributed by atoms with E-state index in [-0.39, 0.29) is 6.42 Å². The molecule has 1 saturated carbocycles. The summed E-state index contributed by atoms with van der Waals surface area (Å²) in [5, 5.41) is 3.18. The van der Waals surface area contributed by atoms with E-state index in [0.29, 0.717) is 12.5 Å². The second kappa shape index (κ2) is 7.96. The average Bonchev–Trinajstić information content (AvgIpc) is 2.18. The van der Waals surface area contributed by atoms with Gasteiger partial charge in [0.2, 0.25) is 0 Å². The summed E-state index contributed by atoms with van der Waals surface area (Å²) < 4.78 is 35.7. The Hall–Kier alpha value is -0.250. The van der Waals surface area contributed by atoms with Crippen LogP contribution in [0.3, 0.4) is 0 Å². The second-order valence-electron chi connectivity index (χ2n) is 5.13. The normalized spacial score (nSPS) is 19.9. The van der Waals surface area contributed by atoms with Crippen molar-refractivity contribution in [2.45, 2.75) is 64.0 Å². The fraction of sp³-hybridized carbons (Fsp3) is 1.00. The van der Waals surface area contributed by atoms with E-state index in [1.54, 1.807) is 0 Å². The van der Waals surface area contributed by atoms with Crippen LogP contribution >= 0.6 is 0 Å². The largest absolute Gasteiger partial charge is 0.389 e. The van der Waals surface area contributed by atoms with Crippen LogP contribution in [0, 0.1) is 5.92 Å². The van der Waals surface area contributed by atoms with E-state index >= 15 is 0 Å². The SMILES string of the molecule is FC(F)(F)CCCNCC1CCCCCCC1.